The van der Waals surface area contributed by atoms with E-state index in [1.165, 1.54) is 12.8 Å². The summed E-state index contributed by atoms with van der Waals surface area (Å²) in [6.45, 7) is 6.18. The number of amides is 2. The van der Waals surface area contributed by atoms with E-state index in [1.807, 2.05) is 25.1 Å². The third-order valence-electron chi connectivity index (χ3n) is 4.73. The summed E-state index contributed by atoms with van der Waals surface area (Å²) in [5.41, 5.74) is 2.98. The Bertz CT molecular complexity index is 573. The van der Waals surface area contributed by atoms with E-state index in [0.29, 0.717) is 5.92 Å². The number of hydrogen-bond donors (Lipinski definition) is 2. The Morgan fingerprint density at radius 3 is 2.38 bits per heavy atom. The van der Waals surface area contributed by atoms with Gasteiger partial charge in [-0.15, -0.1) is 0 Å². The van der Waals surface area contributed by atoms with Gasteiger partial charge in [0, 0.05) is 11.7 Å². The SMILES string of the molecule is Cc1cccc(C(C)C)c1NC(=O)CC(=O)NC1CCCCCC1. The van der Waals surface area contributed by atoms with E-state index in [2.05, 4.69) is 24.5 Å². The fraction of sp³-hybridized carbons (Fsp3) is 0.600. The monoisotopic (exact) mass is 330 g/mol. The molecule has 0 atom stereocenters. The summed E-state index contributed by atoms with van der Waals surface area (Å²) in [4.78, 5) is 24.4. The first-order valence-corrected chi connectivity index (χ1v) is 9.16. The number of para-hydroxylation sites is 1. The Morgan fingerprint density at radius 1 is 1.08 bits per heavy atom. The van der Waals surface area contributed by atoms with Crippen molar-refractivity contribution in [2.45, 2.75) is 77.7 Å². The summed E-state index contributed by atoms with van der Waals surface area (Å²) in [5, 5.41) is 5.97. The number of hydrogen-bond acceptors (Lipinski definition) is 2. The zero-order valence-electron chi connectivity index (χ0n) is 15.2. The van der Waals surface area contributed by atoms with Crippen LogP contribution in [0.5, 0.6) is 0 Å². The minimum absolute atomic E-state index is 0.109. The smallest absolute Gasteiger partial charge is 0.233 e. The lowest BCUT2D eigenvalue weighted by Gasteiger charge is -2.18. The zero-order chi connectivity index (χ0) is 17.5. The molecule has 0 aliphatic heterocycles. The molecule has 0 radical (unpaired) electrons. The highest BCUT2D eigenvalue weighted by Crippen LogP contribution is 2.27. The molecule has 0 unspecified atom stereocenters. The first-order chi connectivity index (χ1) is 11.5. The Labute approximate surface area is 145 Å². The molecule has 1 aromatic carbocycles. The third-order valence-corrected chi connectivity index (χ3v) is 4.73. The van der Waals surface area contributed by atoms with Crippen molar-refractivity contribution in [2.24, 2.45) is 0 Å². The molecule has 132 valence electrons. The van der Waals surface area contributed by atoms with Crippen molar-refractivity contribution in [1.29, 1.82) is 0 Å². The Morgan fingerprint density at radius 2 is 1.75 bits per heavy atom. The van der Waals surface area contributed by atoms with Gasteiger partial charge in [0.2, 0.25) is 11.8 Å². The van der Waals surface area contributed by atoms with Gasteiger partial charge in [0.25, 0.3) is 0 Å². The van der Waals surface area contributed by atoms with Gasteiger partial charge in [0.05, 0.1) is 0 Å². The van der Waals surface area contributed by atoms with Crippen molar-refractivity contribution in [3.63, 3.8) is 0 Å². The summed E-state index contributed by atoms with van der Waals surface area (Å²) in [5.74, 6) is -0.0866. The molecule has 2 amide bonds. The molecule has 4 nitrogen and oxygen atoms in total. The van der Waals surface area contributed by atoms with E-state index in [1.54, 1.807) is 0 Å². The normalized spacial score (nSPS) is 15.8. The number of aryl methyl sites for hydroxylation is 1. The number of anilines is 1. The van der Waals surface area contributed by atoms with Crippen LogP contribution in [0.25, 0.3) is 0 Å². The lowest BCUT2D eigenvalue weighted by atomic mass is 9.98. The zero-order valence-corrected chi connectivity index (χ0v) is 15.2. The molecule has 0 heterocycles. The summed E-state index contributed by atoms with van der Waals surface area (Å²) in [6.07, 6.45) is 6.78. The molecular formula is C20H30N2O2. The first kappa shape index (κ1) is 18.5. The molecule has 1 saturated carbocycles. The average molecular weight is 330 g/mol. The average Bonchev–Trinajstić information content (AvgIpc) is 2.77. The van der Waals surface area contributed by atoms with Crippen LogP contribution in [0.4, 0.5) is 5.69 Å². The summed E-state index contributed by atoms with van der Waals surface area (Å²) in [6, 6.07) is 6.24. The highest BCUT2D eigenvalue weighted by Gasteiger charge is 2.18. The number of nitrogens with one attached hydrogen (secondary N) is 2. The fourth-order valence-electron chi connectivity index (χ4n) is 3.37. The van der Waals surface area contributed by atoms with Gasteiger partial charge in [-0.05, 0) is 36.8 Å². The second-order valence-corrected chi connectivity index (χ2v) is 7.17. The molecule has 0 saturated heterocycles. The third kappa shape index (κ3) is 5.36. The van der Waals surface area contributed by atoms with Crippen LogP contribution in [-0.2, 0) is 9.59 Å². The van der Waals surface area contributed by atoms with E-state index >= 15 is 0 Å². The molecule has 0 bridgehead atoms. The van der Waals surface area contributed by atoms with Gasteiger partial charge in [-0.1, -0.05) is 57.7 Å². The van der Waals surface area contributed by atoms with Crippen LogP contribution in [0.3, 0.4) is 0 Å². The quantitative estimate of drug-likeness (QED) is 0.625. The van der Waals surface area contributed by atoms with E-state index in [4.69, 9.17) is 0 Å². The summed E-state index contributed by atoms with van der Waals surface area (Å²) >= 11 is 0. The molecule has 0 spiro atoms. The Balaban J connectivity index is 1.92. The van der Waals surface area contributed by atoms with E-state index in [0.717, 1.165) is 42.5 Å². The van der Waals surface area contributed by atoms with Gasteiger partial charge < -0.3 is 10.6 Å². The molecular weight excluding hydrogens is 300 g/mol. The van der Waals surface area contributed by atoms with Gasteiger partial charge in [-0.25, -0.2) is 0 Å². The van der Waals surface area contributed by atoms with Crippen LogP contribution < -0.4 is 10.6 Å². The van der Waals surface area contributed by atoms with Gasteiger partial charge in [0.1, 0.15) is 6.42 Å². The fourth-order valence-corrected chi connectivity index (χ4v) is 3.37. The van der Waals surface area contributed by atoms with Crippen molar-refractivity contribution in [2.75, 3.05) is 5.32 Å². The standard InChI is InChI=1S/C20H30N2O2/c1-14(2)17-12-8-9-15(3)20(17)22-19(24)13-18(23)21-16-10-6-4-5-7-11-16/h8-9,12,14,16H,4-7,10-11,13H2,1-3H3,(H,21,23)(H,22,24). The van der Waals surface area contributed by atoms with Crippen molar-refractivity contribution in [1.82, 2.24) is 5.32 Å². The molecule has 24 heavy (non-hydrogen) atoms. The molecule has 1 aromatic rings. The van der Waals surface area contributed by atoms with Crippen LogP contribution in [0, 0.1) is 6.92 Å². The molecule has 2 N–H and O–H groups in total. The maximum atomic E-state index is 12.3. The van der Waals surface area contributed by atoms with Crippen LogP contribution in [-0.4, -0.2) is 17.9 Å². The predicted molar refractivity (Wildman–Crippen MR) is 98.1 cm³/mol. The second-order valence-electron chi connectivity index (χ2n) is 7.17. The minimum atomic E-state index is -0.239. The second kappa shape index (κ2) is 8.86. The highest BCUT2D eigenvalue weighted by molar-refractivity contribution is 6.04. The van der Waals surface area contributed by atoms with Gasteiger partial charge in [-0.3, -0.25) is 9.59 Å². The van der Waals surface area contributed by atoms with Gasteiger partial charge in [0.15, 0.2) is 0 Å². The van der Waals surface area contributed by atoms with Gasteiger partial charge in [-0.2, -0.15) is 0 Å². The molecule has 1 aliphatic carbocycles. The lowest BCUT2D eigenvalue weighted by molar-refractivity contribution is -0.127. The van der Waals surface area contributed by atoms with E-state index in [9.17, 15) is 9.59 Å². The molecule has 0 aromatic heterocycles. The minimum Gasteiger partial charge on any atom is -0.353 e. The van der Waals surface area contributed by atoms with Crippen LogP contribution >= 0.6 is 0 Å². The Hall–Kier alpha value is -1.84. The number of carbonyl (C=O) groups is 2. The topological polar surface area (TPSA) is 58.2 Å². The maximum absolute atomic E-state index is 12.3. The summed E-state index contributed by atoms with van der Waals surface area (Å²) < 4.78 is 0. The van der Waals surface area contributed by atoms with Gasteiger partial charge >= 0.3 is 0 Å². The molecule has 1 aliphatic rings. The Kier molecular flexibility index (Phi) is 6.83. The maximum Gasteiger partial charge on any atom is 0.233 e. The summed E-state index contributed by atoms with van der Waals surface area (Å²) in [7, 11) is 0. The largest absolute Gasteiger partial charge is 0.353 e. The lowest BCUT2D eigenvalue weighted by Crippen LogP contribution is -2.36. The predicted octanol–water partition coefficient (Wildman–Crippen LogP) is 4.29. The van der Waals surface area contributed by atoms with Crippen molar-refractivity contribution >= 4 is 17.5 Å². The van der Waals surface area contributed by atoms with Crippen molar-refractivity contribution < 1.29 is 9.59 Å². The van der Waals surface area contributed by atoms with Crippen LogP contribution in [0.1, 0.15) is 75.8 Å². The number of carbonyl (C=O) groups excluding carboxylic acids is 2. The van der Waals surface area contributed by atoms with E-state index < -0.39 is 0 Å². The van der Waals surface area contributed by atoms with Crippen LogP contribution in [0.2, 0.25) is 0 Å². The van der Waals surface area contributed by atoms with Crippen molar-refractivity contribution in [3.05, 3.63) is 29.3 Å². The molecule has 2 rings (SSSR count). The van der Waals surface area contributed by atoms with Crippen molar-refractivity contribution in [3.8, 4) is 0 Å². The first-order valence-electron chi connectivity index (χ1n) is 9.16. The highest BCUT2D eigenvalue weighted by atomic mass is 16.2. The number of benzene rings is 1. The molecule has 1 fully saturated rings. The number of rotatable bonds is 5. The van der Waals surface area contributed by atoms with E-state index in [-0.39, 0.29) is 24.3 Å². The molecule has 4 heteroatoms. The van der Waals surface area contributed by atoms with Crippen LogP contribution in [0.15, 0.2) is 18.2 Å².